The molecule has 2 rings (SSSR count). The minimum absolute atomic E-state index is 0.0293. The number of morpholine rings is 1. The second-order valence-corrected chi connectivity index (χ2v) is 6.41. The zero-order valence-corrected chi connectivity index (χ0v) is 12.5. The Morgan fingerprint density at radius 3 is 2.67 bits per heavy atom. The number of hydrogen-bond acceptors (Lipinski definition) is 6. The number of nitrogens with one attached hydrogen (secondary N) is 1. The van der Waals surface area contributed by atoms with Gasteiger partial charge in [0, 0.05) is 19.3 Å². The summed E-state index contributed by atoms with van der Waals surface area (Å²) in [6.07, 6.45) is 1.16. The molecule has 3 N–H and O–H groups in total. The van der Waals surface area contributed by atoms with Gasteiger partial charge in [0.25, 0.3) is 0 Å². The average Bonchev–Trinajstić information content (AvgIpc) is 2.47. The number of hydrogen-bond donors (Lipinski definition) is 2. The summed E-state index contributed by atoms with van der Waals surface area (Å²) in [7, 11) is -3.81. The van der Waals surface area contributed by atoms with E-state index >= 15 is 0 Å². The molecule has 0 saturated carbocycles. The van der Waals surface area contributed by atoms with Crippen molar-refractivity contribution in [2.75, 3.05) is 32.0 Å². The van der Waals surface area contributed by atoms with Gasteiger partial charge in [-0.25, -0.2) is 13.4 Å². The maximum Gasteiger partial charge on any atom is 0.242 e. The molecule has 2 heterocycles. The summed E-state index contributed by atoms with van der Waals surface area (Å²) in [4.78, 5) is 17.5. The van der Waals surface area contributed by atoms with Gasteiger partial charge in [-0.1, -0.05) is 0 Å². The maximum atomic E-state index is 12.2. The van der Waals surface area contributed by atoms with E-state index in [1.165, 1.54) is 19.1 Å². The van der Waals surface area contributed by atoms with E-state index in [2.05, 4.69) is 9.71 Å². The Hall–Kier alpha value is -1.71. The van der Waals surface area contributed by atoms with Gasteiger partial charge in [-0.2, -0.15) is 4.72 Å². The quantitative estimate of drug-likeness (QED) is 0.751. The number of amides is 1. The van der Waals surface area contributed by atoms with E-state index in [4.69, 9.17) is 10.5 Å². The smallest absolute Gasteiger partial charge is 0.242 e. The van der Waals surface area contributed by atoms with E-state index in [-0.39, 0.29) is 16.6 Å². The zero-order chi connectivity index (χ0) is 15.5. The lowest BCUT2D eigenvalue weighted by Crippen LogP contribution is -2.50. The summed E-state index contributed by atoms with van der Waals surface area (Å²) >= 11 is 0. The van der Waals surface area contributed by atoms with Gasteiger partial charge in [0.15, 0.2) is 0 Å². The summed E-state index contributed by atoms with van der Waals surface area (Å²) in [5.41, 5.74) is 5.42. The van der Waals surface area contributed by atoms with Gasteiger partial charge < -0.3 is 15.4 Å². The first-order chi connectivity index (χ1) is 9.90. The topological polar surface area (TPSA) is 115 Å². The normalized spacial score (nSPS) is 17.5. The Kier molecular flexibility index (Phi) is 4.76. The molecule has 1 aromatic heterocycles. The van der Waals surface area contributed by atoms with Crippen molar-refractivity contribution in [2.45, 2.75) is 17.9 Å². The maximum absolute atomic E-state index is 12.2. The van der Waals surface area contributed by atoms with Gasteiger partial charge in [0.05, 0.1) is 19.3 Å². The van der Waals surface area contributed by atoms with Crippen LogP contribution in [0.25, 0.3) is 0 Å². The fraction of sp³-hybridized carbons (Fsp3) is 0.500. The number of nitrogens with two attached hydrogens (primary N) is 1. The lowest BCUT2D eigenvalue weighted by molar-refractivity contribution is -0.136. The lowest BCUT2D eigenvalue weighted by Gasteiger charge is -2.29. The van der Waals surface area contributed by atoms with Crippen LogP contribution in [0.2, 0.25) is 0 Å². The summed E-state index contributed by atoms with van der Waals surface area (Å²) < 4.78 is 31.8. The third kappa shape index (κ3) is 3.90. The van der Waals surface area contributed by atoms with Gasteiger partial charge in [0.1, 0.15) is 10.7 Å². The molecule has 1 aliphatic heterocycles. The molecule has 1 aromatic rings. The molecule has 9 heteroatoms. The van der Waals surface area contributed by atoms with E-state index in [1.807, 2.05) is 0 Å². The number of nitrogens with zero attached hydrogens (tertiary/aromatic N) is 2. The summed E-state index contributed by atoms with van der Waals surface area (Å²) in [6.45, 7) is 3.38. The standard InChI is InChI=1S/C12H18N4O4S/c1-9(12(17)16-4-6-20-7-5-16)15-21(18,19)10-2-3-11(13)14-8-10/h2-3,8-9,15H,4-7H2,1H3,(H2,13,14). The zero-order valence-electron chi connectivity index (χ0n) is 11.7. The van der Waals surface area contributed by atoms with Gasteiger partial charge in [-0.3, -0.25) is 4.79 Å². The van der Waals surface area contributed by atoms with Crippen LogP contribution in [0.4, 0.5) is 5.82 Å². The van der Waals surface area contributed by atoms with Crippen LogP contribution in [0.15, 0.2) is 23.2 Å². The molecule has 116 valence electrons. The Labute approximate surface area is 123 Å². The molecule has 0 aromatic carbocycles. The molecule has 1 fully saturated rings. The van der Waals surface area contributed by atoms with Crippen molar-refractivity contribution in [3.05, 3.63) is 18.3 Å². The van der Waals surface area contributed by atoms with Crippen LogP contribution in [0.1, 0.15) is 6.92 Å². The van der Waals surface area contributed by atoms with Gasteiger partial charge >= 0.3 is 0 Å². The fourth-order valence-electron chi connectivity index (χ4n) is 1.96. The molecule has 1 aliphatic rings. The second-order valence-electron chi connectivity index (χ2n) is 4.70. The van der Waals surface area contributed by atoms with Crippen molar-refractivity contribution in [1.82, 2.24) is 14.6 Å². The average molecular weight is 314 g/mol. The van der Waals surface area contributed by atoms with Gasteiger partial charge in [-0.15, -0.1) is 0 Å². The first-order valence-corrected chi connectivity index (χ1v) is 7.99. The number of rotatable bonds is 4. The Morgan fingerprint density at radius 2 is 2.10 bits per heavy atom. The largest absolute Gasteiger partial charge is 0.384 e. The first kappa shape index (κ1) is 15.7. The third-order valence-electron chi connectivity index (χ3n) is 3.09. The fourth-order valence-corrected chi connectivity index (χ4v) is 3.10. The Bertz CT molecular complexity index is 596. The predicted molar refractivity (Wildman–Crippen MR) is 75.8 cm³/mol. The molecule has 1 atom stereocenters. The number of carbonyl (C=O) groups excluding carboxylic acids is 1. The SMILES string of the molecule is CC(NS(=O)(=O)c1ccc(N)nc1)C(=O)N1CCOCC1. The third-order valence-corrected chi connectivity index (χ3v) is 4.62. The number of anilines is 1. The van der Waals surface area contributed by atoms with Crippen molar-refractivity contribution >= 4 is 21.7 Å². The minimum atomic E-state index is -3.81. The molecular weight excluding hydrogens is 296 g/mol. The van der Waals surface area contributed by atoms with Crippen LogP contribution in [0.5, 0.6) is 0 Å². The second kappa shape index (κ2) is 6.37. The van der Waals surface area contributed by atoms with Crippen molar-refractivity contribution < 1.29 is 17.9 Å². The summed E-state index contributed by atoms with van der Waals surface area (Å²) in [6, 6.07) is 1.88. The monoisotopic (exact) mass is 314 g/mol. The highest BCUT2D eigenvalue weighted by molar-refractivity contribution is 7.89. The van der Waals surface area contributed by atoms with E-state index in [9.17, 15) is 13.2 Å². The van der Waals surface area contributed by atoms with Crippen LogP contribution >= 0.6 is 0 Å². The molecular formula is C12H18N4O4S. The van der Waals surface area contributed by atoms with Crippen LogP contribution in [-0.2, 0) is 19.6 Å². The minimum Gasteiger partial charge on any atom is -0.384 e. The molecule has 21 heavy (non-hydrogen) atoms. The molecule has 8 nitrogen and oxygen atoms in total. The van der Waals surface area contributed by atoms with Crippen molar-refractivity contribution in [1.29, 1.82) is 0 Å². The number of aromatic nitrogens is 1. The predicted octanol–water partition coefficient (Wildman–Crippen LogP) is -0.811. The summed E-state index contributed by atoms with van der Waals surface area (Å²) in [5.74, 6) is -0.0447. The van der Waals surface area contributed by atoms with E-state index in [0.29, 0.717) is 26.3 Å². The molecule has 1 amide bonds. The lowest BCUT2D eigenvalue weighted by atomic mass is 10.3. The van der Waals surface area contributed by atoms with Crippen molar-refractivity contribution in [3.63, 3.8) is 0 Å². The highest BCUT2D eigenvalue weighted by Gasteiger charge is 2.26. The molecule has 0 radical (unpaired) electrons. The van der Waals surface area contributed by atoms with Crippen molar-refractivity contribution in [2.24, 2.45) is 0 Å². The van der Waals surface area contributed by atoms with Gasteiger partial charge in [0.2, 0.25) is 15.9 Å². The molecule has 1 saturated heterocycles. The molecule has 0 bridgehead atoms. The van der Waals surface area contributed by atoms with Crippen LogP contribution < -0.4 is 10.5 Å². The highest BCUT2D eigenvalue weighted by Crippen LogP contribution is 2.10. The van der Waals surface area contributed by atoms with E-state index in [0.717, 1.165) is 6.20 Å². The van der Waals surface area contributed by atoms with Crippen LogP contribution in [0, 0.1) is 0 Å². The summed E-state index contributed by atoms with van der Waals surface area (Å²) in [5, 5.41) is 0. The Morgan fingerprint density at radius 1 is 1.43 bits per heavy atom. The number of sulfonamides is 1. The number of ether oxygens (including phenoxy) is 1. The molecule has 1 unspecified atom stereocenters. The first-order valence-electron chi connectivity index (χ1n) is 6.50. The Balaban J connectivity index is 2.05. The van der Waals surface area contributed by atoms with Gasteiger partial charge in [-0.05, 0) is 19.1 Å². The van der Waals surface area contributed by atoms with E-state index < -0.39 is 16.1 Å². The van der Waals surface area contributed by atoms with Crippen LogP contribution in [0.3, 0.4) is 0 Å². The number of nitrogen functional groups attached to an aromatic ring is 1. The van der Waals surface area contributed by atoms with Crippen molar-refractivity contribution in [3.8, 4) is 0 Å². The molecule has 0 aliphatic carbocycles. The van der Waals surface area contributed by atoms with E-state index in [1.54, 1.807) is 4.90 Å². The highest BCUT2D eigenvalue weighted by atomic mass is 32.2. The van der Waals surface area contributed by atoms with Crippen LogP contribution in [-0.4, -0.2) is 56.6 Å². The number of carbonyl (C=O) groups is 1. The number of pyridine rings is 1. The molecule has 0 spiro atoms.